The number of fused-ring (bicyclic) bond motifs is 2. The maximum atomic E-state index is 12.8. The lowest BCUT2D eigenvalue weighted by Crippen LogP contribution is -2.55. The lowest BCUT2D eigenvalue weighted by Gasteiger charge is -2.40. The van der Waals surface area contributed by atoms with E-state index in [1.807, 2.05) is 38.1 Å². The van der Waals surface area contributed by atoms with E-state index < -0.39 is 0 Å². The molecule has 1 aromatic heterocycles. The molecule has 2 unspecified atom stereocenters. The molecule has 1 heterocycles. The van der Waals surface area contributed by atoms with Gasteiger partial charge in [0.2, 0.25) is 0 Å². The van der Waals surface area contributed by atoms with Gasteiger partial charge >= 0.3 is 0 Å². The second-order valence-corrected chi connectivity index (χ2v) is 8.16. The van der Waals surface area contributed by atoms with Crippen LogP contribution in [-0.2, 0) is 4.79 Å². The van der Waals surface area contributed by atoms with Crippen molar-refractivity contribution in [2.24, 2.45) is 0 Å². The molecule has 2 fully saturated rings. The van der Waals surface area contributed by atoms with E-state index in [1.165, 1.54) is 0 Å². The number of nitrogens with one attached hydrogen (secondary N) is 2. The zero-order valence-corrected chi connectivity index (χ0v) is 16.8. The van der Waals surface area contributed by atoms with Gasteiger partial charge in [0.15, 0.2) is 0 Å². The van der Waals surface area contributed by atoms with Gasteiger partial charge in [-0.15, -0.1) is 0 Å². The van der Waals surface area contributed by atoms with Crippen molar-refractivity contribution in [2.75, 3.05) is 0 Å². The zero-order chi connectivity index (χ0) is 20.2. The molecule has 2 amide bonds. The first kappa shape index (κ1) is 20.1. The summed E-state index contributed by atoms with van der Waals surface area (Å²) in [5, 5.41) is 6.48. The van der Waals surface area contributed by atoms with Gasteiger partial charge < -0.3 is 10.6 Å². The summed E-state index contributed by atoms with van der Waals surface area (Å²) in [5.41, 5.74) is 1.49. The maximum absolute atomic E-state index is 12.8. The van der Waals surface area contributed by atoms with Crippen LogP contribution in [0.2, 0.25) is 0 Å². The van der Waals surface area contributed by atoms with E-state index in [-0.39, 0.29) is 22.9 Å². The number of aromatic nitrogens is 1. The monoisotopic (exact) mass is 379 g/mol. The van der Waals surface area contributed by atoms with Crippen molar-refractivity contribution >= 4 is 11.8 Å². The average Bonchev–Trinajstić information content (AvgIpc) is 2.91. The van der Waals surface area contributed by atoms with Crippen LogP contribution in [0.15, 0.2) is 54.9 Å². The normalized spacial score (nSPS) is 26.5. The predicted molar refractivity (Wildman–Crippen MR) is 111 cm³/mol. The highest BCUT2D eigenvalue weighted by Gasteiger charge is 2.52. The quantitative estimate of drug-likeness (QED) is 0.584. The summed E-state index contributed by atoms with van der Waals surface area (Å²) < 4.78 is 0. The van der Waals surface area contributed by atoms with Gasteiger partial charge in [0.1, 0.15) is 0 Å². The molecule has 2 N–H and O–H groups in total. The first-order chi connectivity index (χ1) is 13.4. The number of amides is 2. The van der Waals surface area contributed by atoms with Gasteiger partial charge in [0.05, 0.1) is 5.56 Å². The number of carbonyl (C=O) groups is 2. The Morgan fingerprint density at radius 1 is 1.11 bits per heavy atom. The number of allylic oxidation sites excluding steroid dienone is 3. The highest BCUT2D eigenvalue weighted by atomic mass is 16.2. The summed E-state index contributed by atoms with van der Waals surface area (Å²) in [6.07, 6.45) is 16.0. The molecule has 0 radical (unpaired) electrons. The second-order valence-electron chi connectivity index (χ2n) is 8.16. The van der Waals surface area contributed by atoms with E-state index in [2.05, 4.69) is 22.2 Å². The number of hydrogen-bond donors (Lipinski definition) is 2. The molecule has 2 aliphatic rings. The second kappa shape index (κ2) is 8.13. The van der Waals surface area contributed by atoms with E-state index in [4.69, 9.17) is 0 Å². The first-order valence-electron chi connectivity index (χ1n) is 9.92. The number of hydrogen-bond acceptors (Lipinski definition) is 3. The number of pyridine rings is 1. The molecule has 0 aromatic carbocycles. The maximum Gasteiger partial charge on any atom is 0.253 e. The van der Waals surface area contributed by atoms with Crippen molar-refractivity contribution in [3.05, 3.63) is 66.0 Å². The molecule has 148 valence electrons. The molecule has 5 nitrogen and oxygen atoms in total. The Morgan fingerprint density at radius 2 is 1.82 bits per heavy atom. The van der Waals surface area contributed by atoms with Crippen molar-refractivity contribution in [3.8, 4) is 0 Å². The SMILES string of the molecule is C=C(/C=C\C=C/C)C(=O)NC12CCCC(NC(=O)c3cncc(C)c3)(CC1)C2. The smallest absolute Gasteiger partial charge is 0.253 e. The minimum atomic E-state index is -0.259. The van der Waals surface area contributed by atoms with Crippen molar-refractivity contribution in [3.63, 3.8) is 0 Å². The van der Waals surface area contributed by atoms with Gasteiger partial charge in [-0.25, -0.2) is 0 Å². The van der Waals surface area contributed by atoms with Crippen molar-refractivity contribution in [1.29, 1.82) is 0 Å². The van der Waals surface area contributed by atoms with E-state index in [9.17, 15) is 9.59 Å². The Labute approximate surface area is 167 Å². The Hall–Kier alpha value is -2.69. The highest BCUT2D eigenvalue weighted by molar-refractivity contribution is 5.96. The molecule has 1 aromatic rings. The van der Waals surface area contributed by atoms with Gasteiger partial charge in [-0.2, -0.15) is 0 Å². The minimum Gasteiger partial charge on any atom is -0.347 e. The topological polar surface area (TPSA) is 71.1 Å². The van der Waals surface area contributed by atoms with Crippen molar-refractivity contribution < 1.29 is 9.59 Å². The third kappa shape index (κ3) is 4.41. The van der Waals surface area contributed by atoms with Crippen LogP contribution in [0.5, 0.6) is 0 Å². The Balaban J connectivity index is 1.67. The fourth-order valence-corrected chi connectivity index (χ4v) is 4.51. The summed E-state index contributed by atoms with van der Waals surface area (Å²) >= 11 is 0. The van der Waals surface area contributed by atoms with Crippen LogP contribution in [0.3, 0.4) is 0 Å². The van der Waals surface area contributed by atoms with Crippen LogP contribution in [-0.4, -0.2) is 27.9 Å². The summed E-state index contributed by atoms with van der Waals surface area (Å²) in [7, 11) is 0. The van der Waals surface area contributed by atoms with Gasteiger partial charge in [-0.1, -0.05) is 30.9 Å². The van der Waals surface area contributed by atoms with E-state index in [0.717, 1.165) is 44.1 Å². The highest BCUT2D eigenvalue weighted by Crippen LogP contribution is 2.48. The summed E-state index contributed by atoms with van der Waals surface area (Å²) in [5.74, 6) is -0.216. The molecular formula is C23H29N3O2. The van der Waals surface area contributed by atoms with Gasteiger partial charge in [-0.05, 0) is 64.0 Å². The lowest BCUT2D eigenvalue weighted by molar-refractivity contribution is -0.119. The molecule has 2 bridgehead atoms. The van der Waals surface area contributed by atoms with Crippen LogP contribution in [0.4, 0.5) is 0 Å². The van der Waals surface area contributed by atoms with Crippen molar-refractivity contribution in [2.45, 2.75) is 63.5 Å². The van der Waals surface area contributed by atoms with Crippen LogP contribution < -0.4 is 10.6 Å². The summed E-state index contributed by atoms with van der Waals surface area (Å²) in [6, 6.07) is 1.85. The Morgan fingerprint density at radius 3 is 2.50 bits per heavy atom. The zero-order valence-electron chi connectivity index (χ0n) is 16.8. The Kier molecular flexibility index (Phi) is 5.82. The number of aryl methyl sites for hydroxylation is 1. The molecule has 28 heavy (non-hydrogen) atoms. The Bertz CT molecular complexity index is 842. The predicted octanol–water partition coefficient (Wildman–Crippen LogP) is 3.77. The van der Waals surface area contributed by atoms with Gasteiger partial charge in [0.25, 0.3) is 11.8 Å². The van der Waals surface area contributed by atoms with E-state index in [0.29, 0.717) is 11.1 Å². The molecule has 2 atom stereocenters. The molecule has 0 saturated heterocycles. The molecule has 0 aliphatic heterocycles. The van der Waals surface area contributed by atoms with Crippen LogP contribution in [0.25, 0.3) is 0 Å². The molecule has 3 rings (SSSR count). The van der Waals surface area contributed by atoms with Crippen molar-refractivity contribution in [1.82, 2.24) is 15.6 Å². The lowest BCUT2D eigenvalue weighted by atomic mass is 9.78. The van der Waals surface area contributed by atoms with Gasteiger partial charge in [-0.3, -0.25) is 14.6 Å². The number of rotatable bonds is 6. The third-order valence-corrected chi connectivity index (χ3v) is 5.86. The molecule has 2 aliphatic carbocycles. The van der Waals surface area contributed by atoms with Crippen LogP contribution in [0.1, 0.15) is 61.4 Å². The summed E-state index contributed by atoms with van der Waals surface area (Å²) in [6.45, 7) is 7.73. The first-order valence-corrected chi connectivity index (χ1v) is 9.92. The van der Waals surface area contributed by atoms with Gasteiger partial charge in [0, 0.05) is 29.0 Å². The van der Waals surface area contributed by atoms with Crippen LogP contribution in [0, 0.1) is 6.92 Å². The van der Waals surface area contributed by atoms with E-state index in [1.54, 1.807) is 18.5 Å². The number of carbonyl (C=O) groups excluding carboxylic acids is 2. The largest absolute Gasteiger partial charge is 0.347 e. The van der Waals surface area contributed by atoms with Crippen LogP contribution >= 0.6 is 0 Å². The fourth-order valence-electron chi connectivity index (χ4n) is 4.51. The molecule has 0 spiro atoms. The summed E-state index contributed by atoms with van der Waals surface area (Å²) in [4.78, 5) is 29.5. The standard InChI is InChI=1S/C23H29N3O2/c1-4-5-6-8-18(3)20(27)25-22-9-7-10-23(16-22,12-11-22)26-21(28)19-13-17(2)14-24-15-19/h4-6,8,13-15H,3,7,9-12,16H2,1-2H3,(H,25,27)(H,26,28)/b5-4-,8-6-. The molecular weight excluding hydrogens is 350 g/mol. The molecule has 2 saturated carbocycles. The molecule has 5 heteroatoms. The minimum absolute atomic E-state index is 0.0843. The number of nitrogens with zero attached hydrogens (tertiary/aromatic N) is 1. The fraction of sp³-hybridized carbons (Fsp3) is 0.435. The van der Waals surface area contributed by atoms with E-state index >= 15 is 0 Å². The average molecular weight is 380 g/mol. The third-order valence-electron chi connectivity index (χ3n) is 5.86.